The quantitative estimate of drug-likeness (QED) is 0.133. The largest absolute Gasteiger partial charge is 0.352 e. The normalized spacial score (nSPS) is 20.0. The number of rotatable bonds is 16. The average Bonchev–Trinajstić information content (AvgIpc) is 3.46. The van der Waals surface area contributed by atoms with Gasteiger partial charge < -0.3 is 31.6 Å². The van der Waals surface area contributed by atoms with E-state index in [-0.39, 0.29) is 12.3 Å². The second-order valence-electron chi connectivity index (χ2n) is 10.5. The molecule has 5 amide bonds. The van der Waals surface area contributed by atoms with Crippen LogP contribution in [0.4, 0.5) is 4.79 Å². The molecule has 0 saturated heterocycles. The van der Waals surface area contributed by atoms with E-state index in [9.17, 15) is 19.2 Å². The van der Waals surface area contributed by atoms with Gasteiger partial charge in [-0.2, -0.15) is 0 Å². The lowest BCUT2D eigenvalue weighted by Gasteiger charge is -2.22. The molecule has 0 saturated carbocycles. The van der Waals surface area contributed by atoms with Crippen molar-refractivity contribution >= 4 is 23.8 Å². The van der Waals surface area contributed by atoms with Gasteiger partial charge in [0.1, 0.15) is 12.1 Å². The number of carbonyl (C=O) groups is 4. The van der Waals surface area contributed by atoms with Gasteiger partial charge in [-0.05, 0) is 19.8 Å². The third-order valence-corrected chi connectivity index (χ3v) is 6.83. The van der Waals surface area contributed by atoms with Crippen LogP contribution in [0.2, 0.25) is 0 Å². The van der Waals surface area contributed by atoms with Crippen molar-refractivity contribution in [1.82, 2.24) is 36.6 Å². The number of urea groups is 1. The minimum absolute atomic E-state index is 0.157. The zero-order valence-corrected chi connectivity index (χ0v) is 24.7. The van der Waals surface area contributed by atoms with Crippen molar-refractivity contribution in [3.63, 3.8) is 0 Å². The Hall–Kier alpha value is -3.63. The molecule has 3 atom stereocenters. The first-order valence-corrected chi connectivity index (χ1v) is 15.1. The number of hydrogen-bond acceptors (Lipinski definition) is 5. The molecule has 11 heteroatoms. The van der Waals surface area contributed by atoms with Crippen LogP contribution in [0.1, 0.15) is 90.2 Å². The molecule has 6 N–H and O–H groups in total. The van der Waals surface area contributed by atoms with Crippen molar-refractivity contribution in [2.24, 2.45) is 0 Å². The Bertz CT molecular complexity index is 977. The van der Waals surface area contributed by atoms with Gasteiger partial charge in [0.15, 0.2) is 0 Å². The number of aromatic amines is 1. The summed E-state index contributed by atoms with van der Waals surface area (Å²) >= 11 is 0. The van der Waals surface area contributed by atoms with Crippen LogP contribution in [-0.2, 0) is 20.8 Å². The van der Waals surface area contributed by atoms with Gasteiger partial charge in [-0.15, -0.1) is 0 Å². The fourth-order valence-corrected chi connectivity index (χ4v) is 4.46. The molecule has 11 nitrogen and oxygen atoms in total. The molecule has 228 valence electrons. The van der Waals surface area contributed by atoms with Crippen molar-refractivity contribution in [3.05, 3.63) is 42.5 Å². The number of carbonyl (C=O) groups excluding carboxylic acids is 4. The number of hydrogen-bond donors (Lipinski definition) is 6. The Balaban J connectivity index is 1.86. The van der Waals surface area contributed by atoms with Gasteiger partial charge in [-0.1, -0.05) is 82.9 Å². The predicted molar refractivity (Wildman–Crippen MR) is 160 cm³/mol. The maximum Gasteiger partial charge on any atom is 0.315 e. The molecule has 0 radical (unpaired) electrons. The minimum atomic E-state index is -0.952. The van der Waals surface area contributed by atoms with Gasteiger partial charge in [0.2, 0.25) is 17.7 Å². The summed E-state index contributed by atoms with van der Waals surface area (Å²) in [5, 5.41) is 13.9. The summed E-state index contributed by atoms with van der Waals surface area (Å²) in [7, 11) is 0. The van der Waals surface area contributed by atoms with E-state index >= 15 is 0 Å². The molecule has 1 aliphatic heterocycles. The topological polar surface area (TPSA) is 157 Å². The van der Waals surface area contributed by atoms with Crippen LogP contribution in [-0.4, -0.2) is 64.9 Å². The zero-order chi connectivity index (χ0) is 29.7. The molecule has 0 spiro atoms. The van der Waals surface area contributed by atoms with Crippen LogP contribution in [0.3, 0.4) is 0 Å². The summed E-state index contributed by atoms with van der Waals surface area (Å²) in [6, 6.07) is -2.75. The van der Waals surface area contributed by atoms with Gasteiger partial charge in [0.05, 0.1) is 12.0 Å². The van der Waals surface area contributed by atoms with E-state index in [1.807, 2.05) is 0 Å². The lowest BCUT2D eigenvalue weighted by atomic mass is 10.1. The molecule has 2 rings (SSSR count). The maximum absolute atomic E-state index is 13.3. The molecule has 0 fully saturated rings. The number of aromatic nitrogens is 2. The maximum atomic E-state index is 13.3. The number of imidazole rings is 1. The predicted octanol–water partition coefficient (Wildman–Crippen LogP) is 3.16. The van der Waals surface area contributed by atoms with Gasteiger partial charge in [-0.25, -0.2) is 9.78 Å². The highest BCUT2D eigenvalue weighted by molar-refractivity contribution is 5.93. The summed E-state index contributed by atoms with van der Waals surface area (Å²) in [4.78, 5) is 57.7. The van der Waals surface area contributed by atoms with Crippen LogP contribution in [0.25, 0.3) is 0 Å². The Morgan fingerprint density at radius 3 is 2.41 bits per heavy atom. The highest BCUT2D eigenvalue weighted by Gasteiger charge is 2.27. The number of nitrogens with one attached hydrogen (secondary N) is 6. The number of H-pyrrole nitrogens is 1. The van der Waals surface area contributed by atoms with E-state index in [1.165, 1.54) is 57.3 Å². The standard InChI is InChI=1S/C30H49N7O4/c1-3-4-5-6-7-8-9-10-11-13-19-33-30(41)37-26(20-24-21-31-22-34-24)29(40)36-25-15-12-14-18-32-27(38)17-16-23(2)35-28(25)39/h12,15-17,21-23,25-26H,3-11,13-14,18-20H2,1-2H3,(H,31,34)(H,32,38)(H,35,39)(H,36,40)(H2,33,37,41)/b15-12+,17-16+/t23-,25-,26?/m0/s1. The van der Waals surface area contributed by atoms with Gasteiger partial charge >= 0.3 is 6.03 Å². The number of nitrogens with zero attached hydrogens (tertiary/aromatic N) is 1. The van der Waals surface area contributed by atoms with Crippen LogP contribution < -0.4 is 26.6 Å². The lowest BCUT2D eigenvalue weighted by Crippen LogP contribution is -2.56. The second kappa shape index (κ2) is 20.3. The highest BCUT2D eigenvalue weighted by Crippen LogP contribution is 2.10. The first-order chi connectivity index (χ1) is 19.9. The van der Waals surface area contributed by atoms with Crippen LogP contribution in [0.15, 0.2) is 36.8 Å². The zero-order valence-electron chi connectivity index (χ0n) is 24.7. The van der Waals surface area contributed by atoms with Crippen LogP contribution >= 0.6 is 0 Å². The van der Waals surface area contributed by atoms with E-state index < -0.39 is 36.0 Å². The van der Waals surface area contributed by atoms with E-state index in [4.69, 9.17) is 0 Å². The van der Waals surface area contributed by atoms with Crippen molar-refractivity contribution in [2.75, 3.05) is 13.1 Å². The average molecular weight is 572 g/mol. The fraction of sp³-hybridized carbons (Fsp3) is 0.633. The van der Waals surface area contributed by atoms with E-state index in [2.05, 4.69) is 43.5 Å². The molecule has 0 aromatic carbocycles. The Morgan fingerprint density at radius 2 is 1.73 bits per heavy atom. The molecule has 41 heavy (non-hydrogen) atoms. The lowest BCUT2D eigenvalue weighted by molar-refractivity contribution is -0.129. The molecule has 0 aliphatic carbocycles. The number of amides is 5. The van der Waals surface area contributed by atoms with Gasteiger partial charge in [0, 0.05) is 37.8 Å². The second-order valence-corrected chi connectivity index (χ2v) is 10.5. The summed E-state index contributed by atoms with van der Waals surface area (Å²) in [5.74, 6) is -1.16. The molecule has 1 aromatic rings. The van der Waals surface area contributed by atoms with Gasteiger partial charge in [-0.3, -0.25) is 14.4 Å². The molecule has 1 unspecified atom stereocenters. The van der Waals surface area contributed by atoms with Crippen LogP contribution in [0, 0.1) is 0 Å². The van der Waals surface area contributed by atoms with Crippen molar-refractivity contribution in [2.45, 2.75) is 109 Å². The van der Waals surface area contributed by atoms with Crippen molar-refractivity contribution in [1.29, 1.82) is 0 Å². The highest BCUT2D eigenvalue weighted by atomic mass is 16.2. The molecular formula is C30H49N7O4. The van der Waals surface area contributed by atoms with E-state index in [1.54, 1.807) is 31.3 Å². The Kier molecular flexibility index (Phi) is 16.6. The summed E-state index contributed by atoms with van der Waals surface area (Å²) in [6.07, 6.45) is 22.2. The van der Waals surface area contributed by atoms with E-state index in [0.717, 1.165) is 19.3 Å². The Morgan fingerprint density at radius 1 is 1.02 bits per heavy atom. The third-order valence-electron chi connectivity index (χ3n) is 6.83. The van der Waals surface area contributed by atoms with Crippen molar-refractivity contribution in [3.8, 4) is 0 Å². The fourth-order valence-electron chi connectivity index (χ4n) is 4.46. The summed E-state index contributed by atoms with van der Waals surface area (Å²) in [5.41, 5.74) is 0.605. The van der Waals surface area contributed by atoms with E-state index in [0.29, 0.717) is 25.2 Å². The molecule has 2 heterocycles. The summed E-state index contributed by atoms with van der Waals surface area (Å²) in [6.45, 7) is 4.89. The first kappa shape index (κ1) is 33.6. The smallest absolute Gasteiger partial charge is 0.315 e. The molecule has 1 aliphatic rings. The third kappa shape index (κ3) is 15.1. The Labute approximate surface area is 244 Å². The van der Waals surface area contributed by atoms with Crippen molar-refractivity contribution < 1.29 is 19.2 Å². The SMILES string of the molecule is CCCCCCCCCCCCNC(=O)NC(Cc1c[nH]cn1)C(=O)N[C@H]1/C=C/CCNC(=O)/C=C/[C@H](C)NC1=O. The molecular weight excluding hydrogens is 522 g/mol. The first-order valence-electron chi connectivity index (χ1n) is 15.1. The van der Waals surface area contributed by atoms with Crippen LogP contribution in [0.5, 0.6) is 0 Å². The van der Waals surface area contributed by atoms with Gasteiger partial charge in [0.25, 0.3) is 0 Å². The minimum Gasteiger partial charge on any atom is -0.352 e. The summed E-state index contributed by atoms with van der Waals surface area (Å²) < 4.78 is 0. The monoisotopic (exact) mass is 571 g/mol. The number of unbranched alkanes of at least 4 members (excludes halogenated alkanes) is 9. The molecule has 1 aromatic heterocycles. The molecule has 0 bridgehead atoms.